The molecule has 0 aliphatic carbocycles. The van der Waals surface area contributed by atoms with E-state index in [0.717, 1.165) is 0 Å². The first kappa shape index (κ1) is 17.4. The van der Waals surface area contributed by atoms with Crippen LogP contribution in [0.25, 0.3) is 0 Å². The fourth-order valence-electron chi connectivity index (χ4n) is 0.935. The highest BCUT2D eigenvalue weighted by Crippen LogP contribution is 2.10. The molecule has 0 fully saturated rings. The predicted octanol–water partition coefficient (Wildman–Crippen LogP) is -1.36. The van der Waals surface area contributed by atoms with Crippen LogP contribution < -0.4 is 0 Å². The first-order chi connectivity index (χ1) is 9.01. The number of aliphatic hydroxyl groups is 2. The number of carboxylic acids is 1. The van der Waals surface area contributed by atoms with E-state index in [2.05, 4.69) is 19.1 Å². The van der Waals surface area contributed by atoms with Gasteiger partial charge in [-0.1, -0.05) is 0 Å². The van der Waals surface area contributed by atoms with Gasteiger partial charge in [0, 0.05) is 11.6 Å². The molecule has 0 amide bonds. The summed E-state index contributed by atoms with van der Waals surface area (Å²) >= 11 is 0. The van der Waals surface area contributed by atoms with E-state index in [1.807, 2.05) is 0 Å². The van der Waals surface area contributed by atoms with E-state index in [4.69, 9.17) is 15.5 Å². The minimum atomic E-state index is -1.73. The number of ether oxygens (including phenoxy) is 3. The average Bonchev–Trinajstić information content (AvgIpc) is 2.35. The predicted molar refractivity (Wildman–Crippen MR) is 55.1 cm³/mol. The molecule has 0 spiro atoms. The van der Waals surface area contributed by atoms with Crippen LogP contribution in [0.3, 0.4) is 0 Å². The molecule has 10 nitrogen and oxygen atoms in total. The Bertz CT molecular complexity index is 312. The van der Waals surface area contributed by atoms with Crippen molar-refractivity contribution in [1.29, 1.82) is 0 Å². The summed E-state index contributed by atoms with van der Waals surface area (Å²) in [5, 5.41) is 34.3. The zero-order chi connectivity index (χ0) is 14.7. The molecule has 0 saturated heterocycles. The monoisotopic (exact) mass is 282 g/mol. The number of rotatable bonds is 10. The van der Waals surface area contributed by atoms with E-state index < -0.39 is 45.0 Å². The summed E-state index contributed by atoms with van der Waals surface area (Å²) in [6, 6.07) is 0. The molecule has 0 aliphatic heterocycles. The summed E-state index contributed by atoms with van der Waals surface area (Å²) in [7, 11) is 0. The molecule has 0 radical (unpaired) electrons. The van der Waals surface area contributed by atoms with E-state index in [9.17, 15) is 14.7 Å². The molecule has 1 atom stereocenters. The van der Waals surface area contributed by atoms with E-state index in [-0.39, 0.29) is 5.57 Å². The van der Waals surface area contributed by atoms with Crippen molar-refractivity contribution in [2.45, 2.75) is 12.7 Å². The minimum absolute atomic E-state index is 0.308. The number of carbonyl (C=O) groups excluding carboxylic acids is 1. The first-order valence-corrected chi connectivity index (χ1v) is 4.85. The molecule has 0 heterocycles. The lowest BCUT2D eigenvalue weighted by atomic mass is 10.1. The molecular formula is C9H14O10. The Balaban J connectivity index is 4.46. The number of aliphatic hydroxyl groups excluding tert-OH is 2. The Morgan fingerprint density at radius 3 is 2.47 bits per heavy atom. The molecule has 1 unspecified atom stereocenters. The quantitative estimate of drug-likeness (QED) is 0.0943. The van der Waals surface area contributed by atoms with Crippen LogP contribution in [0.4, 0.5) is 0 Å². The zero-order valence-corrected chi connectivity index (χ0v) is 9.72. The molecule has 0 aromatic rings. The number of carbonyl (C=O) groups is 2. The van der Waals surface area contributed by atoms with E-state index >= 15 is 0 Å². The van der Waals surface area contributed by atoms with E-state index in [0.29, 0.717) is 6.08 Å². The van der Waals surface area contributed by atoms with Crippen molar-refractivity contribution in [2.75, 3.05) is 20.4 Å². The largest absolute Gasteiger partial charge is 0.478 e. The van der Waals surface area contributed by atoms with E-state index in [1.165, 1.54) is 0 Å². The topological polar surface area (TPSA) is 152 Å². The fourth-order valence-corrected chi connectivity index (χ4v) is 0.935. The zero-order valence-electron chi connectivity index (χ0n) is 9.72. The Hall–Kier alpha value is -1.56. The second-order valence-corrected chi connectivity index (χ2v) is 2.97. The molecule has 0 aliphatic rings. The van der Waals surface area contributed by atoms with Crippen molar-refractivity contribution in [3.8, 4) is 0 Å². The third-order valence-corrected chi connectivity index (χ3v) is 1.65. The summed E-state index contributed by atoms with van der Waals surface area (Å²) in [6.07, 6.45) is -1.77. The summed E-state index contributed by atoms with van der Waals surface area (Å²) in [4.78, 5) is 25.1. The van der Waals surface area contributed by atoms with Crippen molar-refractivity contribution < 1.29 is 49.3 Å². The van der Waals surface area contributed by atoms with Gasteiger partial charge in [0.1, 0.15) is 6.79 Å². The van der Waals surface area contributed by atoms with Gasteiger partial charge in [0.15, 0.2) is 13.1 Å². The van der Waals surface area contributed by atoms with Crippen molar-refractivity contribution in [2.24, 2.45) is 0 Å². The SMILES string of the molecule is O=C(O)/C=C(/CC(=O)OCOO)C(O)OCOCO. The fraction of sp³-hybridized carbons (Fsp3) is 0.556. The van der Waals surface area contributed by atoms with Gasteiger partial charge >= 0.3 is 11.9 Å². The second kappa shape index (κ2) is 10.4. The Morgan fingerprint density at radius 2 is 1.95 bits per heavy atom. The molecule has 0 bridgehead atoms. The van der Waals surface area contributed by atoms with Crippen molar-refractivity contribution >= 4 is 11.9 Å². The smallest absolute Gasteiger partial charge is 0.328 e. The minimum Gasteiger partial charge on any atom is -0.478 e. The number of hydrogen-bond acceptors (Lipinski definition) is 9. The van der Waals surface area contributed by atoms with Gasteiger partial charge in [-0.25, -0.2) is 10.1 Å². The Labute approximate surface area is 107 Å². The third-order valence-electron chi connectivity index (χ3n) is 1.65. The Morgan fingerprint density at radius 1 is 1.26 bits per heavy atom. The highest BCUT2D eigenvalue weighted by atomic mass is 17.1. The lowest BCUT2D eigenvalue weighted by Crippen LogP contribution is -2.21. The summed E-state index contributed by atoms with van der Waals surface area (Å²) in [5.41, 5.74) is -0.308. The van der Waals surface area contributed by atoms with Crippen LogP contribution >= 0.6 is 0 Å². The van der Waals surface area contributed by atoms with Crippen LogP contribution in [-0.2, 0) is 28.7 Å². The normalized spacial score (nSPS) is 13.1. The van der Waals surface area contributed by atoms with Crippen molar-refractivity contribution in [1.82, 2.24) is 0 Å². The third kappa shape index (κ3) is 9.07. The van der Waals surface area contributed by atoms with Crippen LogP contribution in [0.2, 0.25) is 0 Å². The van der Waals surface area contributed by atoms with Gasteiger partial charge < -0.3 is 29.5 Å². The standard InChI is InChI=1S/C9H14O10/c10-3-16-4-18-9(14)6(1-7(11)12)2-8(13)17-5-19-15/h1,9-10,14-15H,2-5H2,(H,11,12)/b6-1-. The Kier molecular flexibility index (Phi) is 9.52. The number of carboxylic acid groups (broad SMARTS) is 1. The lowest BCUT2D eigenvalue weighted by Gasteiger charge is -2.14. The summed E-state index contributed by atoms with van der Waals surface area (Å²) in [6.45, 7) is -1.90. The highest BCUT2D eigenvalue weighted by Gasteiger charge is 2.18. The van der Waals surface area contributed by atoms with Crippen LogP contribution in [-0.4, -0.2) is 59.2 Å². The average molecular weight is 282 g/mol. The molecule has 4 N–H and O–H groups in total. The molecule has 0 aromatic heterocycles. The number of esters is 1. The van der Waals surface area contributed by atoms with Crippen molar-refractivity contribution in [3.05, 3.63) is 11.6 Å². The van der Waals surface area contributed by atoms with Gasteiger partial charge in [0.2, 0.25) is 6.79 Å². The molecule has 110 valence electrons. The van der Waals surface area contributed by atoms with Gasteiger partial charge in [0.25, 0.3) is 0 Å². The number of aliphatic carboxylic acids is 1. The molecule has 10 heteroatoms. The second-order valence-electron chi connectivity index (χ2n) is 2.97. The van der Waals surface area contributed by atoms with Crippen LogP contribution in [0, 0.1) is 0 Å². The van der Waals surface area contributed by atoms with Gasteiger partial charge in [-0.05, 0) is 0 Å². The van der Waals surface area contributed by atoms with Crippen LogP contribution in [0.5, 0.6) is 0 Å². The molecule has 0 saturated carbocycles. The van der Waals surface area contributed by atoms with Gasteiger partial charge in [-0.2, -0.15) is 4.89 Å². The van der Waals surface area contributed by atoms with Crippen LogP contribution in [0.15, 0.2) is 11.6 Å². The maximum Gasteiger partial charge on any atom is 0.328 e. The van der Waals surface area contributed by atoms with Crippen molar-refractivity contribution in [3.63, 3.8) is 0 Å². The molecular weight excluding hydrogens is 268 g/mol. The van der Waals surface area contributed by atoms with Gasteiger partial charge in [0.05, 0.1) is 6.42 Å². The van der Waals surface area contributed by atoms with E-state index in [1.54, 1.807) is 0 Å². The van der Waals surface area contributed by atoms with Gasteiger partial charge in [-0.15, -0.1) is 0 Å². The summed E-state index contributed by atoms with van der Waals surface area (Å²) in [5.74, 6) is -2.36. The van der Waals surface area contributed by atoms with Gasteiger partial charge in [-0.3, -0.25) is 4.79 Å². The molecule has 19 heavy (non-hydrogen) atoms. The maximum absolute atomic E-state index is 11.1. The maximum atomic E-state index is 11.1. The first-order valence-electron chi connectivity index (χ1n) is 4.85. The number of hydrogen-bond donors (Lipinski definition) is 4. The molecule has 0 aromatic carbocycles. The highest BCUT2D eigenvalue weighted by molar-refractivity contribution is 5.83. The lowest BCUT2D eigenvalue weighted by molar-refractivity contribution is -0.289. The van der Waals surface area contributed by atoms with Crippen LogP contribution in [0.1, 0.15) is 6.42 Å². The summed E-state index contributed by atoms with van der Waals surface area (Å²) < 4.78 is 13.3. The molecule has 0 rings (SSSR count).